The molecule has 0 atom stereocenters. The van der Waals surface area contributed by atoms with Crippen LogP contribution in [0.5, 0.6) is 0 Å². The molecular weight excluding hydrogens is 487 g/mol. The van der Waals surface area contributed by atoms with Crippen molar-refractivity contribution >= 4 is 40.6 Å². The van der Waals surface area contributed by atoms with Gasteiger partial charge in [0, 0.05) is 24.0 Å². The summed E-state index contributed by atoms with van der Waals surface area (Å²) in [4.78, 5) is 41.2. The molecule has 38 heavy (non-hydrogen) atoms. The number of likely N-dealkylation sites (N-methyl/N-ethyl adjacent to an activating group) is 1. The van der Waals surface area contributed by atoms with Crippen LogP contribution in [0.1, 0.15) is 26.3 Å². The largest absolute Gasteiger partial charge is 0.478 e. The molecule has 190 valence electrons. The van der Waals surface area contributed by atoms with Gasteiger partial charge in [0.25, 0.3) is 11.8 Å². The summed E-state index contributed by atoms with van der Waals surface area (Å²) < 4.78 is 13.3. The standard InChI is InChI=1S/C29H23FN4O4/c1-32-28(36)26(33-20-12-10-19(30)11-13-20)24-14-9-18(16-25(24)31)17-5-4-6-21(15-17)34-27(35)22-7-2-3-8-23(22)29(37)38/h2-16H,31H2,1H3,(H,32,36)(H,34,35)(H,37,38). The number of carboxylic acid groups (broad SMARTS) is 1. The number of nitrogens with two attached hydrogens (primary N) is 1. The highest BCUT2D eigenvalue weighted by atomic mass is 19.1. The van der Waals surface area contributed by atoms with Crippen molar-refractivity contribution in [1.82, 2.24) is 5.32 Å². The summed E-state index contributed by atoms with van der Waals surface area (Å²) in [7, 11) is 1.47. The molecule has 4 aromatic carbocycles. The molecule has 2 amide bonds. The van der Waals surface area contributed by atoms with Crippen LogP contribution in [-0.4, -0.2) is 35.6 Å². The van der Waals surface area contributed by atoms with Crippen molar-refractivity contribution in [2.45, 2.75) is 0 Å². The number of aliphatic imine (C=N–C) groups is 1. The van der Waals surface area contributed by atoms with Crippen molar-refractivity contribution in [1.29, 1.82) is 0 Å². The summed E-state index contributed by atoms with van der Waals surface area (Å²) in [6.07, 6.45) is 0. The molecule has 4 aromatic rings. The Bertz CT molecular complexity index is 1570. The molecule has 0 aliphatic carbocycles. The van der Waals surface area contributed by atoms with Gasteiger partial charge in [-0.1, -0.05) is 30.3 Å². The summed E-state index contributed by atoms with van der Waals surface area (Å²) in [5, 5.41) is 14.6. The molecule has 5 N–H and O–H groups in total. The Morgan fingerprint density at radius 2 is 1.50 bits per heavy atom. The second-order valence-electron chi connectivity index (χ2n) is 8.20. The molecule has 0 spiro atoms. The third-order valence-corrected chi connectivity index (χ3v) is 5.67. The Labute approximate surface area is 217 Å². The molecule has 0 saturated carbocycles. The molecule has 0 bridgehead atoms. The van der Waals surface area contributed by atoms with Gasteiger partial charge in [0.2, 0.25) is 0 Å². The number of nitrogens with one attached hydrogen (secondary N) is 2. The van der Waals surface area contributed by atoms with Crippen molar-refractivity contribution in [3.05, 3.63) is 114 Å². The molecule has 0 aromatic heterocycles. The number of nitrogens with zero attached hydrogens (tertiary/aromatic N) is 1. The number of anilines is 2. The monoisotopic (exact) mass is 510 g/mol. The lowest BCUT2D eigenvalue weighted by molar-refractivity contribution is -0.114. The van der Waals surface area contributed by atoms with Crippen molar-refractivity contribution in [3.63, 3.8) is 0 Å². The van der Waals surface area contributed by atoms with Crippen LogP contribution in [0.3, 0.4) is 0 Å². The smallest absolute Gasteiger partial charge is 0.336 e. The predicted molar refractivity (Wildman–Crippen MR) is 144 cm³/mol. The molecule has 0 aliphatic rings. The second kappa shape index (κ2) is 11.2. The van der Waals surface area contributed by atoms with E-state index in [9.17, 15) is 23.9 Å². The Morgan fingerprint density at radius 1 is 0.816 bits per heavy atom. The first-order valence-electron chi connectivity index (χ1n) is 11.5. The average Bonchev–Trinajstić information content (AvgIpc) is 2.92. The van der Waals surface area contributed by atoms with Crippen molar-refractivity contribution in [2.75, 3.05) is 18.1 Å². The molecule has 0 heterocycles. The topological polar surface area (TPSA) is 134 Å². The zero-order valence-electron chi connectivity index (χ0n) is 20.2. The first kappa shape index (κ1) is 25.8. The van der Waals surface area contributed by atoms with Crippen LogP contribution >= 0.6 is 0 Å². The highest BCUT2D eigenvalue weighted by molar-refractivity contribution is 6.46. The Morgan fingerprint density at radius 3 is 2.16 bits per heavy atom. The van der Waals surface area contributed by atoms with Crippen LogP contribution in [0.25, 0.3) is 11.1 Å². The van der Waals surface area contributed by atoms with Crippen LogP contribution in [-0.2, 0) is 4.79 Å². The molecule has 0 aliphatic heterocycles. The first-order chi connectivity index (χ1) is 18.3. The summed E-state index contributed by atoms with van der Waals surface area (Å²) in [6.45, 7) is 0. The minimum atomic E-state index is -1.20. The normalized spacial score (nSPS) is 11.1. The van der Waals surface area contributed by atoms with E-state index in [0.717, 1.165) is 5.56 Å². The minimum absolute atomic E-state index is 0.0428. The number of carbonyl (C=O) groups excluding carboxylic acids is 2. The quantitative estimate of drug-likeness (QED) is 0.207. The fraction of sp³-hybridized carbons (Fsp3) is 0.0345. The number of amides is 2. The minimum Gasteiger partial charge on any atom is -0.478 e. The number of aromatic carboxylic acids is 1. The molecule has 0 unspecified atom stereocenters. The van der Waals surface area contributed by atoms with Gasteiger partial charge in [-0.25, -0.2) is 14.2 Å². The second-order valence-corrected chi connectivity index (χ2v) is 8.20. The maximum absolute atomic E-state index is 13.3. The van der Waals surface area contributed by atoms with Crippen LogP contribution in [0.2, 0.25) is 0 Å². The van der Waals surface area contributed by atoms with Gasteiger partial charge in [0.05, 0.1) is 16.8 Å². The first-order valence-corrected chi connectivity index (χ1v) is 11.5. The number of hydrogen-bond acceptors (Lipinski definition) is 5. The fourth-order valence-corrected chi connectivity index (χ4v) is 3.80. The lowest BCUT2D eigenvalue weighted by Gasteiger charge is -2.12. The molecular formula is C29H23FN4O4. The number of hydrogen-bond donors (Lipinski definition) is 4. The Kier molecular flexibility index (Phi) is 7.58. The SMILES string of the molecule is CNC(=O)C(=Nc1ccc(F)cc1)c1ccc(-c2cccc(NC(=O)c3ccccc3C(=O)O)c2)cc1N. The van der Waals surface area contributed by atoms with Gasteiger partial charge in [-0.2, -0.15) is 0 Å². The number of carbonyl (C=O) groups is 3. The van der Waals surface area contributed by atoms with Crippen LogP contribution < -0.4 is 16.4 Å². The molecule has 9 heteroatoms. The van der Waals surface area contributed by atoms with Crippen molar-refractivity contribution in [3.8, 4) is 11.1 Å². The van der Waals surface area contributed by atoms with E-state index >= 15 is 0 Å². The Hall–Kier alpha value is -5.31. The molecule has 0 fully saturated rings. The summed E-state index contributed by atoms with van der Waals surface area (Å²) in [5.74, 6) is -2.62. The van der Waals surface area contributed by atoms with Gasteiger partial charge in [0.1, 0.15) is 11.5 Å². The van der Waals surface area contributed by atoms with E-state index in [-0.39, 0.29) is 22.5 Å². The van der Waals surface area contributed by atoms with E-state index in [1.54, 1.807) is 48.5 Å². The van der Waals surface area contributed by atoms with Gasteiger partial charge in [0.15, 0.2) is 0 Å². The lowest BCUT2D eigenvalue weighted by Crippen LogP contribution is -2.28. The van der Waals surface area contributed by atoms with Crippen molar-refractivity contribution < 1.29 is 23.9 Å². The maximum Gasteiger partial charge on any atom is 0.336 e. The highest BCUT2D eigenvalue weighted by Gasteiger charge is 2.18. The molecule has 0 radical (unpaired) electrons. The van der Waals surface area contributed by atoms with Gasteiger partial charge in [-0.3, -0.25) is 9.59 Å². The lowest BCUT2D eigenvalue weighted by atomic mass is 9.99. The van der Waals surface area contributed by atoms with E-state index in [1.807, 2.05) is 6.07 Å². The van der Waals surface area contributed by atoms with E-state index in [4.69, 9.17) is 5.73 Å². The van der Waals surface area contributed by atoms with Gasteiger partial charge in [-0.05, 0) is 71.8 Å². The van der Waals surface area contributed by atoms with Gasteiger partial charge in [-0.15, -0.1) is 0 Å². The number of benzene rings is 4. The van der Waals surface area contributed by atoms with Crippen LogP contribution in [0, 0.1) is 5.82 Å². The fourth-order valence-electron chi connectivity index (χ4n) is 3.80. The summed E-state index contributed by atoms with van der Waals surface area (Å²) in [6, 6.07) is 23.4. The summed E-state index contributed by atoms with van der Waals surface area (Å²) in [5.41, 5.74) is 9.31. The number of nitrogen functional groups attached to an aromatic ring is 1. The van der Waals surface area contributed by atoms with E-state index in [2.05, 4.69) is 15.6 Å². The zero-order chi connectivity index (χ0) is 27.2. The molecule has 4 rings (SSSR count). The number of halogens is 1. The number of rotatable bonds is 7. The van der Waals surface area contributed by atoms with Crippen LogP contribution in [0.15, 0.2) is 96.0 Å². The van der Waals surface area contributed by atoms with E-state index in [1.165, 1.54) is 43.4 Å². The van der Waals surface area contributed by atoms with Gasteiger partial charge < -0.3 is 21.5 Å². The number of carboxylic acids is 1. The van der Waals surface area contributed by atoms with E-state index in [0.29, 0.717) is 22.5 Å². The predicted octanol–water partition coefficient (Wildman–Crippen LogP) is 4.89. The van der Waals surface area contributed by atoms with Crippen LogP contribution in [0.4, 0.5) is 21.5 Å². The van der Waals surface area contributed by atoms with Gasteiger partial charge >= 0.3 is 5.97 Å². The molecule has 8 nitrogen and oxygen atoms in total. The maximum atomic E-state index is 13.3. The third-order valence-electron chi connectivity index (χ3n) is 5.67. The summed E-state index contributed by atoms with van der Waals surface area (Å²) >= 11 is 0. The average molecular weight is 511 g/mol. The highest BCUT2D eigenvalue weighted by Crippen LogP contribution is 2.28. The Balaban J connectivity index is 1.63. The molecule has 0 saturated heterocycles. The van der Waals surface area contributed by atoms with E-state index < -0.39 is 23.6 Å². The van der Waals surface area contributed by atoms with Crippen molar-refractivity contribution in [2.24, 2.45) is 4.99 Å². The third kappa shape index (κ3) is 5.73. The zero-order valence-corrected chi connectivity index (χ0v) is 20.2.